The molecule has 156 valence electrons. The van der Waals surface area contributed by atoms with Gasteiger partial charge in [-0.05, 0) is 31.2 Å². The fraction of sp³-hybridized carbons (Fsp3) is 0.150. The molecule has 3 rings (SSSR count). The average Bonchev–Trinajstić information content (AvgIpc) is 3.09. The van der Waals surface area contributed by atoms with E-state index in [-0.39, 0.29) is 27.5 Å². The van der Waals surface area contributed by atoms with Crippen molar-refractivity contribution < 1.29 is 23.1 Å². The average molecular weight is 428 g/mol. The SMILES string of the molecule is Cc1ccc(S(=O)(=O)N(C)c2c(C(=O)Nc3ccccc3C(=O)O)cnn2C)cc1. The first-order valence-electron chi connectivity index (χ1n) is 8.84. The molecule has 0 spiro atoms. The number of sulfonamides is 1. The van der Waals surface area contributed by atoms with Crippen molar-refractivity contribution in [3.05, 3.63) is 71.4 Å². The summed E-state index contributed by atoms with van der Waals surface area (Å²) in [5.41, 5.74) is 0.899. The number of carbonyl (C=O) groups is 2. The van der Waals surface area contributed by atoms with Crippen molar-refractivity contribution in [2.24, 2.45) is 7.05 Å². The van der Waals surface area contributed by atoms with Gasteiger partial charge >= 0.3 is 5.97 Å². The maximum absolute atomic E-state index is 13.0. The van der Waals surface area contributed by atoms with Crippen molar-refractivity contribution in [3.8, 4) is 0 Å². The number of nitrogens with zero attached hydrogens (tertiary/aromatic N) is 3. The molecule has 0 aliphatic carbocycles. The van der Waals surface area contributed by atoms with Gasteiger partial charge in [0.1, 0.15) is 5.56 Å². The third-order valence-corrected chi connectivity index (χ3v) is 6.30. The number of aromatic nitrogens is 2. The molecule has 0 radical (unpaired) electrons. The number of hydrogen-bond acceptors (Lipinski definition) is 5. The number of aryl methyl sites for hydroxylation is 2. The number of anilines is 2. The summed E-state index contributed by atoms with van der Waals surface area (Å²) in [4.78, 5) is 24.3. The molecule has 0 aliphatic rings. The van der Waals surface area contributed by atoms with E-state index >= 15 is 0 Å². The number of amides is 1. The maximum Gasteiger partial charge on any atom is 0.337 e. The van der Waals surface area contributed by atoms with E-state index < -0.39 is 21.9 Å². The molecule has 10 heteroatoms. The molecular formula is C20H20N4O5S. The molecule has 0 unspecified atom stereocenters. The van der Waals surface area contributed by atoms with Crippen molar-refractivity contribution in [2.45, 2.75) is 11.8 Å². The molecule has 2 N–H and O–H groups in total. The van der Waals surface area contributed by atoms with Crippen LogP contribution in [0.1, 0.15) is 26.3 Å². The van der Waals surface area contributed by atoms with E-state index in [0.717, 1.165) is 9.87 Å². The van der Waals surface area contributed by atoms with Gasteiger partial charge in [-0.25, -0.2) is 13.2 Å². The monoisotopic (exact) mass is 428 g/mol. The van der Waals surface area contributed by atoms with E-state index in [1.807, 2.05) is 6.92 Å². The summed E-state index contributed by atoms with van der Waals surface area (Å²) in [6.07, 6.45) is 1.23. The topological polar surface area (TPSA) is 122 Å². The van der Waals surface area contributed by atoms with Crippen molar-refractivity contribution in [1.29, 1.82) is 0 Å². The maximum atomic E-state index is 13.0. The van der Waals surface area contributed by atoms with Crippen molar-refractivity contribution >= 4 is 33.4 Å². The van der Waals surface area contributed by atoms with Gasteiger partial charge < -0.3 is 10.4 Å². The summed E-state index contributed by atoms with van der Waals surface area (Å²) < 4.78 is 28.3. The van der Waals surface area contributed by atoms with E-state index in [4.69, 9.17) is 0 Å². The van der Waals surface area contributed by atoms with Gasteiger partial charge in [0.25, 0.3) is 15.9 Å². The van der Waals surface area contributed by atoms with Crippen LogP contribution in [0.4, 0.5) is 11.5 Å². The molecule has 0 saturated heterocycles. The highest BCUT2D eigenvalue weighted by molar-refractivity contribution is 7.92. The summed E-state index contributed by atoms with van der Waals surface area (Å²) in [5, 5.41) is 15.8. The highest BCUT2D eigenvalue weighted by Crippen LogP contribution is 2.26. The fourth-order valence-corrected chi connectivity index (χ4v) is 4.16. The van der Waals surface area contributed by atoms with Crippen LogP contribution in [-0.2, 0) is 17.1 Å². The summed E-state index contributed by atoms with van der Waals surface area (Å²) >= 11 is 0. The van der Waals surface area contributed by atoms with Crippen LogP contribution in [0.15, 0.2) is 59.6 Å². The number of benzene rings is 2. The van der Waals surface area contributed by atoms with Crippen molar-refractivity contribution in [2.75, 3.05) is 16.7 Å². The highest BCUT2D eigenvalue weighted by Gasteiger charge is 2.29. The Morgan fingerprint density at radius 3 is 2.33 bits per heavy atom. The lowest BCUT2D eigenvalue weighted by atomic mass is 10.1. The molecular weight excluding hydrogens is 408 g/mol. The predicted octanol–water partition coefficient (Wildman–Crippen LogP) is 2.50. The molecule has 0 fully saturated rings. The zero-order chi connectivity index (χ0) is 22.1. The number of carboxylic acids is 1. The zero-order valence-electron chi connectivity index (χ0n) is 16.5. The molecule has 0 bridgehead atoms. The number of nitrogens with one attached hydrogen (secondary N) is 1. The smallest absolute Gasteiger partial charge is 0.337 e. The van der Waals surface area contributed by atoms with Crippen molar-refractivity contribution in [1.82, 2.24) is 9.78 Å². The van der Waals surface area contributed by atoms with Crippen LogP contribution in [0, 0.1) is 6.92 Å². The van der Waals surface area contributed by atoms with Gasteiger partial charge in [-0.3, -0.25) is 13.8 Å². The molecule has 0 aliphatic heterocycles. The fourth-order valence-electron chi connectivity index (χ4n) is 2.92. The first-order valence-corrected chi connectivity index (χ1v) is 10.3. The van der Waals surface area contributed by atoms with Crippen LogP contribution >= 0.6 is 0 Å². The Labute approximate surface area is 173 Å². The minimum absolute atomic E-state index is 0.0177. The number of carboxylic acid groups (broad SMARTS) is 1. The minimum Gasteiger partial charge on any atom is -0.478 e. The van der Waals surface area contributed by atoms with E-state index in [1.165, 1.54) is 55.3 Å². The molecule has 1 heterocycles. The van der Waals surface area contributed by atoms with Crippen LogP contribution in [0.25, 0.3) is 0 Å². The van der Waals surface area contributed by atoms with Gasteiger partial charge in [-0.15, -0.1) is 0 Å². The lowest BCUT2D eigenvalue weighted by molar-refractivity contribution is 0.0698. The number of para-hydroxylation sites is 1. The molecule has 2 aromatic carbocycles. The quantitative estimate of drug-likeness (QED) is 0.622. The van der Waals surface area contributed by atoms with Gasteiger partial charge in [0.15, 0.2) is 5.82 Å². The lowest BCUT2D eigenvalue weighted by Gasteiger charge is -2.21. The van der Waals surface area contributed by atoms with Crippen LogP contribution in [0.3, 0.4) is 0 Å². The highest BCUT2D eigenvalue weighted by atomic mass is 32.2. The largest absolute Gasteiger partial charge is 0.478 e. The Hall–Kier alpha value is -3.66. The van der Waals surface area contributed by atoms with Gasteiger partial charge in [0.05, 0.1) is 22.3 Å². The molecule has 1 aromatic heterocycles. The second kappa shape index (κ2) is 7.99. The molecule has 0 atom stereocenters. The zero-order valence-corrected chi connectivity index (χ0v) is 17.3. The predicted molar refractivity (Wildman–Crippen MR) is 111 cm³/mol. The Bertz CT molecular complexity index is 1220. The van der Waals surface area contributed by atoms with E-state index in [9.17, 15) is 23.1 Å². The summed E-state index contributed by atoms with van der Waals surface area (Å²) in [5.74, 6) is -1.84. The Kier molecular flexibility index (Phi) is 5.61. The standard InChI is InChI=1S/C20H20N4O5S/c1-13-8-10-14(11-9-13)30(28,29)24(3)19-16(12-21-23(19)2)18(25)22-17-7-5-4-6-15(17)20(26)27/h4-12H,1-3H3,(H,22,25)(H,26,27). The van der Waals surface area contributed by atoms with E-state index in [2.05, 4.69) is 10.4 Å². The third kappa shape index (κ3) is 3.90. The van der Waals surface area contributed by atoms with Gasteiger partial charge in [0, 0.05) is 14.1 Å². The molecule has 1 amide bonds. The third-order valence-electron chi connectivity index (χ3n) is 4.54. The van der Waals surface area contributed by atoms with Gasteiger partial charge in [-0.1, -0.05) is 29.8 Å². The van der Waals surface area contributed by atoms with E-state index in [1.54, 1.807) is 18.2 Å². The molecule has 30 heavy (non-hydrogen) atoms. The van der Waals surface area contributed by atoms with Gasteiger partial charge in [0.2, 0.25) is 0 Å². The summed E-state index contributed by atoms with van der Waals surface area (Å²) in [6.45, 7) is 1.85. The number of rotatable bonds is 6. The lowest BCUT2D eigenvalue weighted by Crippen LogP contribution is -2.30. The van der Waals surface area contributed by atoms with Gasteiger partial charge in [-0.2, -0.15) is 5.10 Å². The summed E-state index contributed by atoms with van der Waals surface area (Å²) in [6, 6.07) is 12.3. The number of aromatic carboxylic acids is 1. The van der Waals surface area contributed by atoms with Crippen LogP contribution in [0.2, 0.25) is 0 Å². The second-order valence-corrected chi connectivity index (χ2v) is 8.57. The molecule has 9 nitrogen and oxygen atoms in total. The van der Waals surface area contributed by atoms with Crippen LogP contribution in [0.5, 0.6) is 0 Å². The molecule has 3 aromatic rings. The number of carbonyl (C=O) groups excluding carboxylic acids is 1. The Balaban J connectivity index is 1.98. The van der Waals surface area contributed by atoms with Crippen LogP contribution < -0.4 is 9.62 Å². The Morgan fingerprint density at radius 1 is 1.07 bits per heavy atom. The first kappa shape index (κ1) is 21.1. The number of hydrogen-bond donors (Lipinski definition) is 2. The Morgan fingerprint density at radius 2 is 1.70 bits per heavy atom. The summed E-state index contributed by atoms with van der Waals surface area (Å²) in [7, 11) is -1.11. The second-order valence-electron chi connectivity index (χ2n) is 6.60. The molecule has 0 saturated carbocycles. The minimum atomic E-state index is -3.95. The van der Waals surface area contributed by atoms with Crippen LogP contribution in [-0.4, -0.2) is 42.2 Å². The van der Waals surface area contributed by atoms with E-state index in [0.29, 0.717) is 0 Å². The normalized spacial score (nSPS) is 11.2. The van der Waals surface area contributed by atoms with Crippen molar-refractivity contribution in [3.63, 3.8) is 0 Å². The first-order chi connectivity index (χ1) is 14.1.